The van der Waals surface area contributed by atoms with Crippen LogP contribution in [-0.4, -0.2) is 23.0 Å². The standard InChI is InChI=1S/C20H17ClN2O3S/c1-12-6-8-14(9-7-12)19-23-17(11-27-19)20(25)26-13(2)18(24)22-16-5-3-4-15(21)10-16/h3-11,13H,1-2H3,(H,22,24)/t13-/m0/s1. The molecule has 0 radical (unpaired) electrons. The van der Waals surface area contributed by atoms with Gasteiger partial charge in [0.15, 0.2) is 11.8 Å². The molecular weight excluding hydrogens is 384 g/mol. The summed E-state index contributed by atoms with van der Waals surface area (Å²) in [4.78, 5) is 28.8. The number of amides is 1. The molecule has 1 amide bonds. The van der Waals surface area contributed by atoms with Crippen molar-refractivity contribution in [3.05, 3.63) is 70.2 Å². The summed E-state index contributed by atoms with van der Waals surface area (Å²) in [6, 6.07) is 14.6. The van der Waals surface area contributed by atoms with Gasteiger partial charge in [-0.05, 0) is 32.0 Å². The van der Waals surface area contributed by atoms with Crippen LogP contribution in [0.15, 0.2) is 53.9 Å². The molecule has 138 valence electrons. The Labute approximate surface area is 166 Å². The molecule has 0 fully saturated rings. The van der Waals surface area contributed by atoms with Gasteiger partial charge < -0.3 is 10.1 Å². The predicted octanol–water partition coefficient (Wildman–Crippen LogP) is 4.96. The van der Waals surface area contributed by atoms with Gasteiger partial charge in [-0.2, -0.15) is 0 Å². The molecule has 5 nitrogen and oxygen atoms in total. The Morgan fingerprint density at radius 1 is 1.19 bits per heavy atom. The number of thiazole rings is 1. The Morgan fingerprint density at radius 2 is 1.93 bits per heavy atom. The summed E-state index contributed by atoms with van der Waals surface area (Å²) in [7, 11) is 0. The van der Waals surface area contributed by atoms with Gasteiger partial charge in [0.2, 0.25) is 0 Å². The fraction of sp³-hybridized carbons (Fsp3) is 0.150. The van der Waals surface area contributed by atoms with Gasteiger partial charge in [-0.1, -0.05) is 47.5 Å². The fourth-order valence-electron chi connectivity index (χ4n) is 2.28. The molecule has 1 aromatic heterocycles. The van der Waals surface area contributed by atoms with Crippen molar-refractivity contribution >= 4 is 40.5 Å². The number of benzene rings is 2. The van der Waals surface area contributed by atoms with Crippen LogP contribution < -0.4 is 5.32 Å². The molecule has 0 bridgehead atoms. The van der Waals surface area contributed by atoms with Crippen LogP contribution in [0.3, 0.4) is 0 Å². The zero-order chi connectivity index (χ0) is 19.4. The van der Waals surface area contributed by atoms with E-state index in [2.05, 4.69) is 10.3 Å². The van der Waals surface area contributed by atoms with Crippen molar-refractivity contribution in [3.8, 4) is 10.6 Å². The van der Waals surface area contributed by atoms with Crippen LogP contribution in [0.2, 0.25) is 5.02 Å². The summed E-state index contributed by atoms with van der Waals surface area (Å²) in [5.74, 6) is -1.09. The first-order valence-electron chi connectivity index (χ1n) is 8.22. The Hall–Kier alpha value is -2.70. The second-order valence-corrected chi connectivity index (χ2v) is 7.25. The highest BCUT2D eigenvalue weighted by Gasteiger charge is 2.21. The minimum atomic E-state index is -0.971. The molecule has 0 aliphatic carbocycles. The number of carbonyl (C=O) groups excluding carboxylic acids is 2. The number of anilines is 1. The van der Waals surface area contributed by atoms with Crippen molar-refractivity contribution in [3.63, 3.8) is 0 Å². The van der Waals surface area contributed by atoms with Crippen LogP contribution in [0.4, 0.5) is 5.69 Å². The zero-order valence-electron chi connectivity index (χ0n) is 14.7. The molecular formula is C20H17ClN2O3S. The van der Waals surface area contributed by atoms with Gasteiger partial charge in [-0.25, -0.2) is 9.78 Å². The van der Waals surface area contributed by atoms with Crippen molar-refractivity contribution in [2.24, 2.45) is 0 Å². The molecule has 0 aliphatic heterocycles. The Balaban J connectivity index is 1.62. The average molecular weight is 401 g/mol. The molecule has 2 aromatic carbocycles. The molecule has 1 atom stereocenters. The van der Waals surface area contributed by atoms with Gasteiger partial charge in [-0.15, -0.1) is 11.3 Å². The van der Waals surface area contributed by atoms with Crippen molar-refractivity contribution in [2.75, 3.05) is 5.32 Å². The summed E-state index contributed by atoms with van der Waals surface area (Å²) in [5.41, 5.74) is 2.79. The lowest BCUT2D eigenvalue weighted by Gasteiger charge is -2.12. The third-order valence-corrected chi connectivity index (χ3v) is 4.88. The van der Waals surface area contributed by atoms with Gasteiger partial charge in [0, 0.05) is 21.7 Å². The number of nitrogens with zero attached hydrogens (tertiary/aromatic N) is 1. The maximum Gasteiger partial charge on any atom is 0.358 e. The first kappa shape index (κ1) is 19.1. The zero-order valence-corrected chi connectivity index (χ0v) is 16.3. The summed E-state index contributed by atoms with van der Waals surface area (Å²) >= 11 is 7.24. The minimum Gasteiger partial charge on any atom is -0.448 e. The Morgan fingerprint density at radius 3 is 2.63 bits per heavy atom. The maximum absolute atomic E-state index is 12.3. The van der Waals surface area contributed by atoms with Crippen LogP contribution in [0.5, 0.6) is 0 Å². The minimum absolute atomic E-state index is 0.179. The van der Waals surface area contributed by atoms with Crippen molar-refractivity contribution < 1.29 is 14.3 Å². The van der Waals surface area contributed by atoms with E-state index in [1.807, 2.05) is 31.2 Å². The first-order valence-corrected chi connectivity index (χ1v) is 9.48. The topological polar surface area (TPSA) is 68.3 Å². The van der Waals surface area contributed by atoms with Crippen molar-refractivity contribution in [1.82, 2.24) is 4.98 Å². The predicted molar refractivity (Wildman–Crippen MR) is 107 cm³/mol. The number of carbonyl (C=O) groups is 2. The highest BCUT2D eigenvalue weighted by atomic mass is 35.5. The molecule has 0 aliphatic rings. The summed E-state index contributed by atoms with van der Waals surface area (Å²) in [5, 5.41) is 5.51. The van der Waals surface area contributed by atoms with E-state index in [4.69, 9.17) is 16.3 Å². The normalized spacial score (nSPS) is 11.7. The lowest BCUT2D eigenvalue weighted by Crippen LogP contribution is -2.30. The summed E-state index contributed by atoms with van der Waals surface area (Å²) < 4.78 is 5.23. The largest absolute Gasteiger partial charge is 0.448 e. The first-order chi connectivity index (χ1) is 12.9. The molecule has 0 spiro atoms. The van der Waals surface area contributed by atoms with E-state index >= 15 is 0 Å². The summed E-state index contributed by atoms with van der Waals surface area (Å²) in [6.07, 6.45) is -0.971. The molecule has 27 heavy (non-hydrogen) atoms. The number of rotatable bonds is 5. The Kier molecular flexibility index (Phi) is 5.88. The molecule has 7 heteroatoms. The molecule has 0 saturated carbocycles. The third kappa shape index (κ3) is 4.93. The Bertz CT molecular complexity index is 969. The lowest BCUT2D eigenvalue weighted by molar-refractivity contribution is -0.123. The molecule has 1 N–H and O–H groups in total. The van der Waals surface area contributed by atoms with Crippen molar-refractivity contribution in [2.45, 2.75) is 20.0 Å². The number of hydrogen-bond donors (Lipinski definition) is 1. The van der Waals surface area contributed by atoms with Gasteiger partial charge in [0.1, 0.15) is 5.01 Å². The van der Waals surface area contributed by atoms with E-state index in [9.17, 15) is 9.59 Å². The van der Waals surface area contributed by atoms with Gasteiger partial charge in [0.05, 0.1) is 0 Å². The van der Waals surface area contributed by atoms with Crippen LogP contribution in [-0.2, 0) is 9.53 Å². The summed E-state index contributed by atoms with van der Waals surface area (Å²) in [6.45, 7) is 3.51. The highest BCUT2D eigenvalue weighted by molar-refractivity contribution is 7.13. The fourth-order valence-corrected chi connectivity index (χ4v) is 3.27. The number of ether oxygens (including phenoxy) is 1. The molecule has 0 unspecified atom stereocenters. The van der Waals surface area contributed by atoms with E-state index in [0.717, 1.165) is 16.1 Å². The lowest BCUT2D eigenvalue weighted by atomic mass is 10.2. The molecule has 3 rings (SSSR count). The van der Waals surface area contributed by atoms with E-state index in [1.54, 1.807) is 29.6 Å². The average Bonchev–Trinajstić information content (AvgIpc) is 3.12. The van der Waals surface area contributed by atoms with E-state index in [0.29, 0.717) is 10.7 Å². The highest BCUT2D eigenvalue weighted by Crippen LogP contribution is 2.24. The molecule has 0 saturated heterocycles. The van der Waals surface area contributed by atoms with Gasteiger partial charge in [0.25, 0.3) is 5.91 Å². The number of hydrogen-bond acceptors (Lipinski definition) is 5. The smallest absolute Gasteiger partial charge is 0.358 e. The van der Waals surface area contributed by atoms with Crippen LogP contribution in [0, 0.1) is 6.92 Å². The SMILES string of the molecule is Cc1ccc(-c2nc(C(=O)O[C@@H](C)C(=O)Nc3cccc(Cl)c3)cs2)cc1. The quantitative estimate of drug-likeness (QED) is 0.615. The second kappa shape index (κ2) is 8.33. The van der Waals surface area contributed by atoms with Crippen LogP contribution in [0.1, 0.15) is 23.0 Å². The maximum atomic E-state index is 12.3. The van der Waals surface area contributed by atoms with Gasteiger partial charge in [-0.3, -0.25) is 4.79 Å². The van der Waals surface area contributed by atoms with Crippen LogP contribution >= 0.6 is 22.9 Å². The van der Waals surface area contributed by atoms with E-state index in [-0.39, 0.29) is 5.69 Å². The monoisotopic (exact) mass is 400 g/mol. The molecule has 3 aromatic rings. The number of halogens is 1. The number of esters is 1. The number of aromatic nitrogens is 1. The van der Waals surface area contributed by atoms with Crippen molar-refractivity contribution in [1.29, 1.82) is 0 Å². The third-order valence-electron chi connectivity index (χ3n) is 3.76. The van der Waals surface area contributed by atoms with Gasteiger partial charge >= 0.3 is 5.97 Å². The number of nitrogens with one attached hydrogen (secondary N) is 1. The van der Waals surface area contributed by atoms with E-state index < -0.39 is 18.0 Å². The second-order valence-electron chi connectivity index (χ2n) is 5.95. The van der Waals surface area contributed by atoms with Crippen LogP contribution in [0.25, 0.3) is 10.6 Å². The number of aryl methyl sites for hydroxylation is 1. The molecule has 1 heterocycles. The van der Waals surface area contributed by atoms with E-state index in [1.165, 1.54) is 18.3 Å².